The highest BCUT2D eigenvalue weighted by molar-refractivity contribution is 7.25. The van der Waals surface area contributed by atoms with Gasteiger partial charge in [0.1, 0.15) is 0 Å². The molecule has 0 aliphatic rings. The molecule has 3 aromatic heterocycles. The molecule has 10 rings (SSSR count). The van der Waals surface area contributed by atoms with Crippen molar-refractivity contribution in [2.75, 3.05) is 0 Å². The van der Waals surface area contributed by atoms with Crippen molar-refractivity contribution < 1.29 is 0 Å². The normalized spacial score (nSPS) is 11.6. The smallest absolute Gasteiger partial charge is 0.160 e. The molecule has 10 aromatic rings. The number of hydrogen-bond donors (Lipinski definition) is 0. The largest absolute Gasteiger partial charge is 0.309 e. The Morgan fingerprint density at radius 3 is 1.94 bits per heavy atom. The van der Waals surface area contributed by atoms with Gasteiger partial charge in [-0.3, -0.25) is 0 Å². The molecule has 50 heavy (non-hydrogen) atoms. The molecule has 0 N–H and O–H groups in total. The molecule has 0 aliphatic heterocycles. The van der Waals surface area contributed by atoms with Gasteiger partial charge in [0.25, 0.3) is 0 Å². The lowest BCUT2D eigenvalue weighted by molar-refractivity contribution is 1.18. The maximum absolute atomic E-state index is 5.36. The van der Waals surface area contributed by atoms with Crippen molar-refractivity contribution in [2.45, 2.75) is 0 Å². The van der Waals surface area contributed by atoms with Crippen LogP contribution in [0.4, 0.5) is 0 Å². The van der Waals surface area contributed by atoms with E-state index >= 15 is 0 Å². The SMILES string of the molecule is c1ccc(-c2cccc(-c3cc(-c4cccc5c4c4ccccc4n5-c4ccccc4)nc(-c4ccc5c(c4)sc4ccccc45)n3)c2)cc1. The molecule has 4 heteroatoms. The van der Waals surface area contributed by atoms with Crippen LogP contribution >= 0.6 is 11.3 Å². The number of aromatic nitrogens is 3. The zero-order chi connectivity index (χ0) is 33.0. The zero-order valence-electron chi connectivity index (χ0n) is 27.0. The molecule has 0 aliphatic carbocycles. The van der Waals surface area contributed by atoms with Crippen LogP contribution in [0.15, 0.2) is 176 Å². The van der Waals surface area contributed by atoms with Crippen LogP contribution in [0.25, 0.3) is 92.7 Å². The van der Waals surface area contributed by atoms with Gasteiger partial charge in [0, 0.05) is 53.3 Å². The van der Waals surface area contributed by atoms with Gasteiger partial charge in [-0.25, -0.2) is 9.97 Å². The van der Waals surface area contributed by atoms with E-state index in [4.69, 9.17) is 9.97 Å². The van der Waals surface area contributed by atoms with Gasteiger partial charge in [-0.1, -0.05) is 127 Å². The number of nitrogens with zero attached hydrogens (tertiary/aromatic N) is 3. The number of hydrogen-bond acceptors (Lipinski definition) is 3. The molecule has 0 saturated carbocycles. The summed E-state index contributed by atoms with van der Waals surface area (Å²) < 4.78 is 4.88. The van der Waals surface area contributed by atoms with Gasteiger partial charge >= 0.3 is 0 Å². The monoisotopic (exact) mass is 655 g/mol. The average molecular weight is 656 g/mol. The predicted octanol–water partition coefficient (Wildman–Crippen LogP) is 12.6. The van der Waals surface area contributed by atoms with Crippen LogP contribution in [0.1, 0.15) is 0 Å². The average Bonchev–Trinajstić information content (AvgIpc) is 3.74. The van der Waals surface area contributed by atoms with E-state index in [1.165, 1.54) is 42.0 Å². The number of benzene rings is 7. The molecular weight excluding hydrogens is 627 g/mol. The van der Waals surface area contributed by atoms with E-state index in [1.54, 1.807) is 0 Å². The van der Waals surface area contributed by atoms with Gasteiger partial charge in [-0.15, -0.1) is 11.3 Å². The van der Waals surface area contributed by atoms with E-state index in [2.05, 4.69) is 180 Å². The molecule has 0 amide bonds. The fraction of sp³-hybridized carbons (Fsp3) is 0. The number of rotatable bonds is 5. The van der Waals surface area contributed by atoms with E-state index < -0.39 is 0 Å². The molecule has 0 radical (unpaired) electrons. The van der Waals surface area contributed by atoms with Crippen molar-refractivity contribution in [3.63, 3.8) is 0 Å². The Kier molecular flexibility index (Phi) is 6.68. The molecule has 0 saturated heterocycles. The Balaban J connectivity index is 1.23. The maximum Gasteiger partial charge on any atom is 0.160 e. The van der Waals surface area contributed by atoms with E-state index in [1.807, 2.05) is 11.3 Å². The second-order valence-electron chi connectivity index (χ2n) is 12.6. The van der Waals surface area contributed by atoms with Gasteiger partial charge in [-0.05, 0) is 59.7 Å². The fourth-order valence-corrected chi connectivity index (χ4v) is 8.45. The minimum atomic E-state index is 0.714. The van der Waals surface area contributed by atoms with Crippen LogP contribution in [-0.2, 0) is 0 Å². The molecule has 0 bridgehead atoms. The molecule has 0 fully saturated rings. The Morgan fingerprint density at radius 2 is 1.06 bits per heavy atom. The summed E-state index contributed by atoms with van der Waals surface area (Å²) in [7, 11) is 0. The Bertz CT molecular complexity index is 2870. The Morgan fingerprint density at radius 1 is 0.400 bits per heavy atom. The molecular formula is C46H29N3S. The van der Waals surface area contributed by atoms with Gasteiger partial charge in [0.15, 0.2) is 5.82 Å². The summed E-state index contributed by atoms with van der Waals surface area (Å²) in [4.78, 5) is 10.6. The highest BCUT2D eigenvalue weighted by Crippen LogP contribution is 2.40. The van der Waals surface area contributed by atoms with Crippen molar-refractivity contribution in [3.05, 3.63) is 176 Å². The van der Waals surface area contributed by atoms with Crippen molar-refractivity contribution in [3.8, 4) is 50.7 Å². The molecule has 234 valence electrons. The first-order valence-corrected chi connectivity index (χ1v) is 17.6. The van der Waals surface area contributed by atoms with Crippen LogP contribution in [0.3, 0.4) is 0 Å². The van der Waals surface area contributed by atoms with Crippen LogP contribution in [0.2, 0.25) is 0 Å². The second-order valence-corrected chi connectivity index (χ2v) is 13.7. The summed E-state index contributed by atoms with van der Waals surface area (Å²) >= 11 is 1.82. The quantitative estimate of drug-likeness (QED) is 0.185. The highest BCUT2D eigenvalue weighted by Gasteiger charge is 2.19. The molecule has 0 spiro atoms. The highest BCUT2D eigenvalue weighted by atomic mass is 32.1. The standard InChI is InChI=1S/C46H29N3S/c1-3-13-30(14-4-1)31-15-11-16-32(27-31)39-29-40(48-46(47-39)33-25-26-36-35-19-8-10-24-43(35)50-44(36)28-33)37-21-12-23-42-45(37)38-20-7-9-22-41(38)49(42)34-17-5-2-6-18-34/h1-29H. The third kappa shape index (κ3) is 4.73. The lowest BCUT2D eigenvalue weighted by Crippen LogP contribution is -1.97. The number of para-hydroxylation sites is 2. The minimum Gasteiger partial charge on any atom is -0.309 e. The minimum absolute atomic E-state index is 0.714. The van der Waals surface area contributed by atoms with Crippen molar-refractivity contribution in [2.24, 2.45) is 0 Å². The van der Waals surface area contributed by atoms with Crippen LogP contribution in [-0.4, -0.2) is 14.5 Å². The third-order valence-corrected chi connectivity index (χ3v) is 10.8. The first-order chi connectivity index (χ1) is 24.8. The third-order valence-electron chi connectivity index (χ3n) is 9.62. The van der Waals surface area contributed by atoms with Gasteiger partial charge in [0.05, 0.1) is 22.4 Å². The molecule has 0 atom stereocenters. The first kappa shape index (κ1) is 28.6. The summed E-state index contributed by atoms with van der Waals surface area (Å²) in [6.07, 6.45) is 0. The Hall–Kier alpha value is -6.36. The lowest BCUT2D eigenvalue weighted by Gasteiger charge is -2.12. The summed E-state index contributed by atoms with van der Waals surface area (Å²) in [5.74, 6) is 0.714. The first-order valence-electron chi connectivity index (χ1n) is 16.8. The van der Waals surface area contributed by atoms with Gasteiger partial charge < -0.3 is 4.57 Å². The zero-order valence-corrected chi connectivity index (χ0v) is 27.8. The topological polar surface area (TPSA) is 30.7 Å². The maximum atomic E-state index is 5.36. The summed E-state index contributed by atoms with van der Waals surface area (Å²) in [5, 5.41) is 4.93. The van der Waals surface area contributed by atoms with Gasteiger partial charge in [-0.2, -0.15) is 0 Å². The van der Waals surface area contributed by atoms with E-state index in [0.717, 1.165) is 44.8 Å². The predicted molar refractivity (Wildman–Crippen MR) is 211 cm³/mol. The second kappa shape index (κ2) is 11.7. The lowest BCUT2D eigenvalue weighted by atomic mass is 9.99. The summed E-state index contributed by atoms with van der Waals surface area (Å²) in [5.41, 5.74) is 10.7. The summed E-state index contributed by atoms with van der Waals surface area (Å²) in [6.45, 7) is 0. The van der Waals surface area contributed by atoms with Crippen LogP contribution < -0.4 is 0 Å². The van der Waals surface area contributed by atoms with E-state index in [-0.39, 0.29) is 0 Å². The number of fused-ring (bicyclic) bond motifs is 6. The van der Waals surface area contributed by atoms with Crippen LogP contribution in [0.5, 0.6) is 0 Å². The Labute approximate surface area is 293 Å². The molecule has 3 nitrogen and oxygen atoms in total. The van der Waals surface area contributed by atoms with Gasteiger partial charge in [0.2, 0.25) is 0 Å². The molecule has 7 aromatic carbocycles. The van der Waals surface area contributed by atoms with E-state index in [9.17, 15) is 0 Å². The fourth-order valence-electron chi connectivity index (χ4n) is 7.30. The van der Waals surface area contributed by atoms with Crippen molar-refractivity contribution >= 4 is 53.3 Å². The molecule has 0 unspecified atom stereocenters. The number of thiophene rings is 1. The van der Waals surface area contributed by atoms with Crippen molar-refractivity contribution in [1.82, 2.24) is 14.5 Å². The summed E-state index contributed by atoms with van der Waals surface area (Å²) in [6, 6.07) is 62.5. The van der Waals surface area contributed by atoms with Crippen LogP contribution in [0, 0.1) is 0 Å². The van der Waals surface area contributed by atoms with E-state index in [0.29, 0.717) is 5.82 Å². The molecule has 3 heterocycles. The van der Waals surface area contributed by atoms with Crippen molar-refractivity contribution in [1.29, 1.82) is 0 Å².